The fraction of sp³-hybridized carbons (Fsp3) is 0.200. The number of fused-ring (bicyclic) bond motifs is 1. The molecule has 0 atom stereocenters. The van der Waals surface area contributed by atoms with E-state index in [4.69, 9.17) is 4.42 Å². The van der Waals surface area contributed by atoms with Crippen LogP contribution in [0.2, 0.25) is 0 Å². The monoisotopic (exact) mass is 349 g/mol. The molecule has 1 aromatic carbocycles. The zero-order chi connectivity index (χ0) is 17.2. The van der Waals surface area contributed by atoms with E-state index in [-0.39, 0.29) is 0 Å². The minimum Gasteiger partial charge on any atom is -0.440 e. The van der Waals surface area contributed by atoms with Crippen molar-refractivity contribution < 1.29 is 4.42 Å². The SMILES string of the molecule is Cc1oc(-c2cccs2)nc1CN(C)Cc1cccc2cnccc12. The summed E-state index contributed by atoms with van der Waals surface area (Å²) in [6.45, 7) is 3.58. The molecule has 0 aliphatic heterocycles. The van der Waals surface area contributed by atoms with Gasteiger partial charge in [0, 0.05) is 30.9 Å². The van der Waals surface area contributed by atoms with E-state index in [2.05, 4.69) is 46.2 Å². The van der Waals surface area contributed by atoms with Gasteiger partial charge in [-0.3, -0.25) is 9.88 Å². The van der Waals surface area contributed by atoms with Gasteiger partial charge in [0.2, 0.25) is 5.89 Å². The van der Waals surface area contributed by atoms with Crippen molar-refractivity contribution >= 4 is 22.1 Å². The van der Waals surface area contributed by atoms with Crippen LogP contribution in [0.4, 0.5) is 0 Å². The first-order valence-electron chi connectivity index (χ1n) is 8.21. The third-order valence-corrected chi connectivity index (χ3v) is 5.11. The minimum absolute atomic E-state index is 0.715. The number of pyridine rings is 1. The lowest BCUT2D eigenvalue weighted by Crippen LogP contribution is -2.18. The van der Waals surface area contributed by atoms with Crippen molar-refractivity contribution in [1.82, 2.24) is 14.9 Å². The predicted molar refractivity (Wildman–Crippen MR) is 101 cm³/mol. The molecule has 0 N–H and O–H groups in total. The van der Waals surface area contributed by atoms with Crippen LogP contribution in [0.5, 0.6) is 0 Å². The number of rotatable bonds is 5. The molecule has 0 saturated heterocycles. The number of aromatic nitrogens is 2. The van der Waals surface area contributed by atoms with E-state index in [9.17, 15) is 0 Å². The second-order valence-corrected chi connectivity index (χ2v) is 7.13. The van der Waals surface area contributed by atoms with Gasteiger partial charge in [-0.2, -0.15) is 0 Å². The molecule has 0 amide bonds. The van der Waals surface area contributed by atoms with E-state index in [0.29, 0.717) is 5.89 Å². The van der Waals surface area contributed by atoms with Crippen LogP contribution in [-0.4, -0.2) is 21.9 Å². The summed E-state index contributed by atoms with van der Waals surface area (Å²) >= 11 is 1.65. The van der Waals surface area contributed by atoms with Crippen molar-refractivity contribution in [3.63, 3.8) is 0 Å². The van der Waals surface area contributed by atoms with Gasteiger partial charge in [0.25, 0.3) is 0 Å². The Kier molecular flexibility index (Phi) is 4.34. The van der Waals surface area contributed by atoms with Crippen LogP contribution >= 0.6 is 11.3 Å². The van der Waals surface area contributed by atoms with Gasteiger partial charge in [-0.05, 0) is 42.4 Å². The zero-order valence-corrected chi connectivity index (χ0v) is 15.1. The number of thiophene rings is 1. The van der Waals surface area contributed by atoms with E-state index in [1.807, 2.05) is 36.8 Å². The highest BCUT2D eigenvalue weighted by Crippen LogP contribution is 2.26. The first-order valence-corrected chi connectivity index (χ1v) is 9.09. The standard InChI is InChI=1S/C20H19N3OS/c1-14-18(22-20(24-14)19-7-4-10-25-19)13-23(2)12-16-6-3-5-15-11-21-9-8-17(15)16/h3-11H,12-13H2,1-2H3. The molecule has 0 unspecified atom stereocenters. The Balaban J connectivity index is 1.53. The van der Waals surface area contributed by atoms with Gasteiger partial charge >= 0.3 is 0 Å². The van der Waals surface area contributed by atoms with Crippen LogP contribution in [0.25, 0.3) is 21.5 Å². The summed E-state index contributed by atoms with van der Waals surface area (Å²) in [6.07, 6.45) is 3.76. The van der Waals surface area contributed by atoms with Gasteiger partial charge < -0.3 is 4.42 Å². The molecule has 0 bridgehead atoms. The van der Waals surface area contributed by atoms with E-state index in [1.165, 1.54) is 16.3 Å². The molecule has 0 aliphatic rings. The molecule has 0 fully saturated rings. The quantitative estimate of drug-likeness (QED) is 0.514. The lowest BCUT2D eigenvalue weighted by molar-refractivity contribution is 0.314. The van der Waals surface area contributed by atoms with Crippen LogP contribution in [0.1, 0.15) is 17.0 Å². The van der Waals surface area contributed by atoms with Gasteiger partial charge in [-0.1, -0.05) is 24.3 Å². The number of benzene rings is 1. The molecule has 4 aromatic rings. The summed E-state index contributed by atoms with van der Waals surface area (Å²) in [7, 11) is 2.11. The first-order chi connectivity index (χ1) is 12.2. The van der Waals surface area contributed by atoms with Crippen LogP contribution in [0.15, 0.2) is 58.6 Å². The number of oxazole rings is 1. The fourth-order valence-corrected chi connectivity index (χ4v) is 3.66. The van der Waals surface area contributed by atoms with Gasteiger partial charge in [0.15, 0.2) is 0 Å². The Morgan fingerprint density at radius 1 is 1.12 bits per heavy atom. The first kappa shape index (κ1) is 16.0. The second kappa shape index (κ2) is 6.78. The molecule has 4 rings (SSSR count). The molecule has 0 radical (unpaired) electrons. The van der Waals surface area contributed by atoms with E-state index in [0.717, 1.165) is 29.4 Å². The highest BCUT2D eigenvalue weighted by Gasteiger charge is 2.14. The van der Waals surface area contributed by atoms with E-state index < -0.39 is 0 Å². The van der Waals surface area contributed by atoms with Crippen molar-refractivity contribution in [2.45, 2.75) is 20.0 Å². The molecule has 126 valence electrons. The molecular weight excluding hydrogens is 330 g/mol. The normalized spacial score (nSPS) is 11.5. The molecule has 4 nitrogen and oxygen atoms in total. The van der Waals surface area contributed by atoms with Crippen LogP contribution < -0.4 is 0 Å². The maximum atomic E-state index is 5.84. The van der Waals surface area contributed by atoms with Gasteiger partial charge in [0.1, 0.15) is 5.76 Å². The highest BCUT2D eigenvalue weighted by molar-refractivity contribution is 7.13. The number of hydrogen-bond donors (Lipinski definition) is 0. The average Bonchev–Trinajstić information content (AvgIpc) is 3.26. The topological polar surface area (TPSA) is 42.2 Å². The molecule has 5 heteroatoms. The van der Waals surface area contributed by atoms with Crippen molar-refractivity contribution in [2.24, 2.45) is 0 Å². The molecular formula is C20H19N3OS. The second-order valence-electron chi connectivity index (χ2n) is 6.19. The summed E-state index contributed by atoms with van der Waals surface area (Å²) in [4.78, 5) is 12.2. The van der Waals surface area contributed by atoms with Gasteiger partial charge in [-0.15, -0.1) is 11.3 Å². The van der Waals surface area contributed by atoms with Crippen molar-refractivity contribution in [2.75, 3.05) is 7.05 Å². The fourth-order valence-electron chi connectivity index (χ4n) is 3.01. The predicted octanol–water partition coefficient (Wildman–Crippen LogP) is 4.89. The van der Waals surface area contributed by atoms with Gasteiger partial charge in [-0.25, -0.2) is 4.98 Å². The average molecular weight is 349 g/mol. The summed E-state index contributed by atoms with van der Waals surface area (Å²) in [6, 6.07) is 12.5. The third kappa shape index (κ3) is 3.34. The van der Waals surface area contributed by atoms with Crippen molar-refractivity contribution in [3.8, 4) is 10.8 Å². The van der Waals surface area contributed by atoms with E-state index >= 15 is 0 Å². The van der Waals surface area contributed by atoms with Gasteiger partial charge in [0.05, 0.1) is 10.6 Å². The summed E-state index contributed by atoms with van der Waals surface area (Å²) in [5.74, 6) is 1.60. The lowest BCUT2D eigenvalue weighted by Gasteiger charge is -2.17. The smallest absolute Gasteiger partial charge is 0.236 e. The summed E-state index contributed by atoms with van der Waals surface area (Å²) in [5, 5.41) is 4.46. The van der Waals surface area contributed by atoms with Crippen molar-refractivity contribution in [1.29, 1.82) is 0 Å². The summed E-state index contributed by atoms with van der Waals surface area (Å²) in [5.41, 5.74) is 2.29. The Bertz CT molecular complexity index is 986. The minimum atomic E-state index is 0.715. The van der Waals surface area contributed by atoms with Crippen LogP contribution in [0.3, 0.4) is 0 Å². The molecule has 25 heavy (non-hydrogen) atoms. The largest absolute Gasteiger partial charge is 0.440 e. The molecule has 3 aromatic heterocycles. The lowest BCUT2D eigenvalue weighted by atomic mass is 10.1. The zero-order valence-electron chi connectivity index (χ0n) is 14.3. The number of nitrogens with zero attached hydrogens (tertiary/aromatic N) is 3. The molecule has 0 aliphatic carbocycles. The van der Waals surface area contributed by atoms with Crippen molar-refractivity contribution in [3.05, 3.63) is 71.2 Å². The number of aryl methyl sites for hydroxylation is 1. The highest BCUT2D eigenvalue weighted by atomic mass is 32.1. The third-order valence-electron chi connectivity index (χ3n) is 4.26. The Morgan fingerprint density at radius 2 is 2.04 bits per heavy atom. The Hall–Kier alpha value is -2.50. The van der Waals surface area contributed by atoms with E-state index in [1.54, 1.807) is 11.3 Å². The Morgan fingerprint density at radius 3 is 2.88 bits per heavy atom. The summed E-state index contributed by atoms with van der Waals surface area (Å²) < 4.78 is 5.84. The molecule has 0 saturated carbocycles. The molecule has 0 spiro atoms. The maximum Gasteiger partial charge on any atom is 0.236 e. The Labute approximate surface area is 150 Å². The molecule has 3 heterocycles. The van der Waals surface area contributed by atoms with Crippen LogP contribution in [0, 0.1) is 6.92 Å². The van der Waals surface area contributed by atoms with Crippen LogP contribution in [-0.2, 0) is 13.1 Å². The maximum absolute atomic E-state index is 5.84. The number of hydrogen-bond acceptors (Lipinski definition) is 5.